The van der Waals surface area contributed by atoms with E-state index in [9.17, 15) is 9.59 Å². The quantitative estimate of drug-likeness (QED) is 0.400. The number of ketones is 2. The summed E-state index contributed by atoms with van der Waals surface area (Å²) in [6.07, 6.45) is 5.93. The van der Waals surface area contributed by atoms with Gasteiger partial charge in [-0.25, -0.2) is 0 Å². The number of Topliss-reactive ketones (excluding diaryl/α,β-unsaturated/α-hetero) is 1. The van der Waals surface area contributed by atoms with Crippen molar-refractivity contribution in [2.45, 2.75) is 6.92 Å². The van der Waals surface area contributed by atoms with Crippen molar-refractivity contribution >= 4 is 17.6 Å². The van der Waals surface area contributed by atoms with E-state index in [1.807, 2.05) is 0 Å². The fourth-order valence-electron chi connectivity index (χ4n) is 1.68. The molecular formula is C16H14NO3+. The number of hydrogen-bond donors (Lipinski definition) is 1. The summed E-state index contributed by atoms with van der Waals surface area (Å²) < 4.78 is 0.876. The van der Waals surface area contributed by atoms with Gasteiger partial charge in [0.2, 0.25) is 12.4 Å². The van der Waals surface area contributed by atoms with Gasteiger partial charge in [-0.1, -0.05) is 30.3 Å². The predicted molar refractivity (Wildman–Crippen MR) is 73.6 cm³/mol. The third-order valence-corrected chi connectivity index (χ3v) is 2.84. The van der Waals surface area contributed by atoms with Crippen molar-refractivity contribution in [2.24, 2.45) is 0 Å². The third-order valence-electron chi connectivity index (χ3n) is 2.84. The molecule has 2 rings (SSSR count). The van der Waals surface area contributed by atoms with Crippen LogP contribution >= 0.6 is 0 Å². The van der Waals surface area contributed by atoms with Crippen molar-refractivity contribution < 1.29 is 19.5 Å². The van der Waals surface area contributed by atoms with Crippen molar-refractivity contribution in [1.29, 1.82) is 0 Å². The molecule has 1 heterocycles. The first-order valence-electron chi connectivity index (χ1n) is 6.10. The van der Waals surface area contributed by atoms with E-state index in [-0.39, 0.29) is 11.6 Å². The molecule has 0 aliphatic rings. The molecule has 0 atom stereocenters. The topological polar surface area (TPSA) is 58.2 Å². The van der Waals surface area contributed by atoms with E-state index in [4.69, 9.17) is 5.21 Å². The van der Waals surface area contributed by atoms with E-state index in [2.05, 4.69) is 0 Å². The maximum Gasteiger partial charge on any atom is 0.223 e. The van der Waals surface area contributed by atoms with Gasteiger partial charge in [0, 0.05) is 28.0 Å². The molecule has 1 aromatic heterocycles. The summed E-state index contributed by atoms with van der Waals surface area (Å²) in [5, 5.41) is 9.08. The van der Waals surface area contributed by atoms with Crippen LogP contribution in [0.2, 0.25) is 0 Å². The molecule has 0 spiro atoms. The van der Waals surface area contributed by atoms with Crippen molar-refractivity contribution in [2.75, 3.05) is 0 Å². The summed E-state index contributed by atoms with van der Waals surface area (Å²) in [7, 11) is 0. The highest BCUT2D eigenvalue weighted by Crippen LogP contribution is 2.08. The SMILES string of the molecule is CC(=O)c1ccc(C=CC(=O)c2cc[n+](O)cc2)cc1. The van der Waals surface area contributed by atoms with Gasteiger partial charge in [0.05, 0.1) is 0 Å². The minimum Gasteiger partial charge on any atom is -0.295 e. The van der Waals surface area contributed by atoms with Crippen LogP contribution in [0.3, 0.4) is 0 Å². The van der Waals surface area contributed by atoms with E-state index in [1.54, 1.807) is 30.3 Å². The molecule has 0 radical (unpaired) electrons. The molecule has 0 saturated carbocycles. The van der Waals surface area contributed by atoms with Crippen molar-refractivity contribution in [3.63, 3.8) is 0 Å². The summed E-state index contributed by atoms with van der Waals surface area (Å²) in [6.45, 7) is 1.51. The van der Waals surface area contributed by atoms with Crippen LogP contribution < -0.4 is 4.73 Å². The molecule has 1 N–H and O–H groups in total. The van der Waals surface area contributed by atoms with Gasteiger partial charge in [-0.05, 0) is 18.6 Å². The molecule has 0 amide bonds. The van der Waals surface area contributed by atoms with Gasteiger partial charge in [-0.15, -0.1) is 0 Å². The largest absolute Gasteiger partial charge is 0.295 e. The number of rotatable bonds is 4. The van der Waals surface area contributed by atoms with E-state index < -0.39 is 0 Å². The second-order valence-electron chi connectivity index (χ2n) is 4.34. The van der Waals surface area contributed by atoms with Crippen LogP contribution in [-0.4, -0.2) is 16.8 Å². The Labute approximate surface area is 116 Å². The predicted octanol–water partition coefficient (Wildman–Crippen LogP) is 2.31. The number of carbonyl (C=O) groups excluding carboxylic acids is 2. The summed E-state index contributed by atoms with van der Waals surface area (Å²) in [5.74, 6) is -0.139. The molecule has 0 bridgehead atoms. The van der Waals surface area contributed by atoms with Crippen LogP contribution in [0.1, 0.15) is 33.2 Å². The Balaban J connectivity index is 2.10. The number of carbonyl (C=O) groups is 2. The van der Waals surface area contributed by atoms with Crippen LogP contribution in [0.5, 0.6) is 0 Å². The highest BCUT2D eigenvalue weighted by molar-refractivity contribution is 6.06. The molecule has 100 valence electrons. The summed E-state index contributed by atoms with van der Waals surface area (Å²) in [4.78, 5) is 23.0. The Kier molecular flexibility index (Phi) is 4.05. The first kappa shape index (κ1) is 13.7. The number of allylic oxidation sites excluding steroid dienone is 1. The smallest absolute Gasteiger partial charge is 0.223 e. The van der Waals surface area contributed by atoms with Gasteiger partial charge in [0.1, 0.15) is 0 Å². The van der Waals surface area contributed by atoms with Gasteiger partial charge in [0.25, 0.3) is 0 Å². The first-order chi connectivity index (χ1) is 9.56. The van der Waals surface area contributed by atoms with E-state index in [0.717, 1.165) is 10.3 Å². The van der Waals surface area contributed by atoms with Crippen LogP contribution in [0.15, 0.2) is 54.9 Å². The third kappa shape index (κ3) is 3.38. The molecule has 20 heavy (non-hydrogen) atoms. The monoisotopic (exact) mass is 268 g/mol. The first-order valence-corrected chi connectivity index (χ1v) is 6.10. The normalized spacial score (nSPS) is 10.7. The number of aromatic nitrogens is 1. The lowest BCUT2D eigenvalue weighted by molar-refractivity contribution is -0.904. The summed E-state index contributed by atoms with van der Waals surface area (Å²) >= 11 is 0. The van der Waals surface area contributed by atoms with Crippen molar-refractivity contribution in [1.82, 2.24) is 0 Å². The lowest BCUT2D eigenvalue weighted by Gasteiger charge is -1.97. The Morgan fingerprint density at radius 3 is 2.15 bits per heavy atom. The Morgan fingerprint density at radius 1 is 1.00 bits per heavy atom. The second-order valence-corrected chi connectivity index (χ2v) is 4.34. The summed E-state index contributed by atoms with van der Waals surface area (Å²) in [6, 6.07) is 10.1. The van der Waals surface area contributed by atoms with Gasteiger partial charge in [-0.2, -0.15) is 0 Å². The van der Waals surface area contributed by atoms with Gasteiger partial charge in [-0.3, -0.25) is 14.8 Å². The van der Waals surface area contributed by atoms with Gasteiger partial charge < -0.3 is 0 Å². The van der Waals surface area contributed by atoms with Crippen molar-refractivity contribution in [3.05, 3.63) is 71.6 Å². The molecular weight excluding hydrogens is 254 g/mol. The maximum absolute atomic E-state index is 11.9. The molecule has 0 fully saturated rings. The molecule has 4 nitrogen and oxygen atoms in total. The molecule has 0 unspecified atom stereocenters. The highest BCUT2D eigenvalue weighted by Gasteiger charge is 2.04. The number of nitrogens with zero attached hydrogens (tertiary/aromatic N) is 1. The molecule has 1 aromatic carbocycles. The van der Waals surface area contributed by atoms with E-state index in [1.165, 1.54) is 37.5 Å². The fraction of sp³-hybridized carbons (Fsp3) is 0.0625. The molecule has 0 aliphatic heterocycles. The number of hydrogen-bond acceptors (Lipinski definition) is 3. The molecule has 4 heteroatoms. The number of pyridine rings is 1. The summed E-state index contributed by atoms with van der Waals surface area (Å²) in [5.41, 5.74) is 1.98. The average molecular weight is 268 g/mol. The lowest BCUT2D eigenvalue weighted by atomic mass is 10.1. The van der Waals surface area contributed by atoms with Gasteiger partial charge in [0.15, 0.2) is 11.6 Å². The zero-order chi connectivity index (χ0) is 14.5. The molecule has 0 aliphatic carbocycles. The van der Waals surface area contributed by atoms with E-state index >= 15 is 0 Å². The zero-order valence-electron chi connectivity index (χ0n) is 11.0. The minimum atomic E-state index is -0.152. The van der Waals surface area contributed by atoms with Crippen molar-refractivity contribution in [3.8, 4) is 0 Å². The average Bonchev–Trinajstić information content (AvgIpc) is 2.46. The van der Waals surface area contributed by atoms with E-state index in [0.29, 0.717) is 11.1 Å². The van der Waals surface area contributed by atoms with Crippen LogP contribution in [0.4, 0.5) is 0 Å². The Morgan fingerprint density at radius 2 is 1.60 bits per heavy atom. The number of benzene rings is 1. The van der Waals surface area contributed by atoms with Crippen LogP contribution in [-0.2, 0) is 0 Å². The Bertz CT molecular complexity index is 655. The minimum absolute atomic E-state index is 0.0122. The molecule has 0 saturated heterocycles. The van der Waals surface area contributed by atoms with Crippen LogP contribution in [0.25, 0.3) is 6.08 Å². The molecule has 2 aromatic rings. The zero-order valence-corrected chi connectivity index (χ0v) is 11.0. The lowest BCUT2D eigenvalue weighted by Crippen LogP contribution is -2.28. The highest BCUT2D eigenvalue weighted by atomic mass is 16.5. The van der Waals surface area contributed by atoms with Crippen LogP contribution in [0, 0.1) is 0 Å². The maximum atomic E-state index is 11.9. The standard InChI is InChI=1S/C16H14NO3/c1-12(18)14-5-2-13(3-6-14)4-7-16(19)15-8-10-17(20)11-9-15/h2-11,20H,1H3/q+1. The van der Waals surface area contributed by atoms with Gasteiger partial charge >= 0.3 is 0 Å². The second kappa shape index (κ2) is 5.93. The fourth-order valence-corrected chi connectivity index (χ4v) is 1.68. The Hall–Kier alpha value is -2.75.